The molecule has 0 fully saturated rings. The van der Waals surface area contributed by atoms with Crippen LogP contribution in [0.2, 0.25) is 0 Å². The van der Waals surface area contributed by atoms with Crippen molar-refractivity contribution >= 4 is 23.6 Å². The molecule has 0 atom stereocenters. The topological polar surface area (TPSA) is 73.9 Å². The Labute approximate surface area is 152 Å². The van der Waals surface area contributed by atoms with E-state index in [2.05, 4.69) is 5.32 Å². The number of hydrogen-bond donors (Lipinski definition) is 1. The molecular weight excluding hydrogens is 334 g/mol. The Kier molecular flexibility index (Phi) is 6.79. The Bertz CT molecular complexity index is 796. The van der Waals surface area contributed by atoms with E-state index in [0.717, 1.165) is 11.1 Å². The number of hydrogen-bond acceptors (Lipinski definition) is 5. The van der Waals surface area contributed by atoms with Crippen LogP contribution < -0.4 is 14.8 Å². The lowest BCUT2D eigenvalue weighted by atomic mass is 10.1. The molecule has 0 bridgehead atoms. The van der Waals surface area contributed by atoms with Crippen LogP contribution in [-0.4, -0.2) is 32.7 Å². The van der Waals surface area contributed by atoms with Crippen molar-refractivity contribution in [1.82, 2.24) is 0 Å². The zero-order chi connectivity index (χ0) is 18.9. The predicted octanol–water partition coefficient (Wildman–Crippen LogP) is 3.21. The summed E-state index contributed by atoms with van der Waals surface area (Å²) in [6.45, 7) is 1.60. The quantitative estimate of drug-likeness (QED) is 0.610. The van der Waals surface area contributed by atoms with E-state index < -0.39 is 11.9 Å². The van der Waals surface area contributed by atoms with Gasteiger partial charge < -0.3 is 19.5 Å². The molecule has 2 rings (SSSR count). The number of rotatable bonds is 7. The highest BCUT2D eigenvalue weighted by Gasteiger charge is 2.09. The molecule has 0 saturated carbocycles. The lowest BCUT2D eigenvalue weighted by Gasteiger charge is -2.10. The number of carbonyl (C=O) groups excluding carboxylic acids is 2. The first kappa shape index (κ1) is 19.1. The first-order valence-corrected chi connectivity index (χ1v) is 7.95. The molecule has 0 unspecified atom stereocenters. The molecule has 0 radical (unpaired) electrons. The van der Waals surface area contributed by atoms with Crippen molar-refractivity contribution < 1.29 is 23.8 Å². The summed E-state index contributed by atoms with van der Waals surface area (Å²) in [5, 5.41) is 2.63. The maximum atomic E-state index is 11.9. The molecule has 1 amide bonds. The van der Waals surface area contributed by atoms with Gasteiger partial charge in [-0.2, -0.15) is 0 Å². The fourth-order valence-electron chi connectivity index (χ4n) is 2.14. The van der Waals surface area contributed by atoms with Crippen molar-refractivity contribution in [2.24, 2.45) is 0 Å². The second-order valence-corrected chi connectivity index (χ2v) is 5.47. The number of anilines is 1. The van der Waals surface area contributed by atoms with E-state index in [9.17, 15) is 9.59 Å². The van der Waals surface area contributed by atoms with Gasteiger partial charge >= 0.3 is 5.97 Å². The lowest BCUT2D eigenvalue weighted by molar-refractivity contribution is -0.142. The normalized spacial score (nSPS) is 10.4. The number of amides is 1. The van der Waals surface area contributed by atoms with Gasteiger partial charge in [0.15, 0.2) is 18.1 Å². The molecule has 26 heavy (non-hydrogen) atoms. The number of ether oxygens (including phenoxy) is 3. The molecule has 0 spiro atoms. The van der Waals surface area contributed by atoms with Crippen molar-refractivity contribution in [3.63, 3.8) is 0 Å². The number of aryl methyl sites for hydroxylation is 1. The SMILES string of the molecule is COc1ccc(NC(=O)COC(=O)/C=C/c2ccc(C)cc2)cc1OC. The van der Waals surface area contributed by atoms with Gasteiger partial charge in [0.05, 0.1) is 14.2 Å². The van der Waals surface area contributed by atoms with E-state index in [1.165, 1.54) is 20.3 Å². The fourth-order valence-corrected chi connectivity index (χ4v) is 2.14. The number of methoxy groups -OCH3 is 2. The second kappa shape index (κ2) is 9.27. The van der Waals surface area contributed by atoms with Crippen molar-refractivity contribution in [3.8, 4) is 11.5 Å². The summed E-state index contributed by atoms with van der Waals surface area (Å²) in [6.07, 6.45) is 2.92. The van der Waals surface area contributed by atoms with Gasteiger partial charge in [0, 0.05) is 17.8 Å². The predicted molar refractivity (Wildman–Crippen MR) is 99.3 cm³/mol. The molecule has 0 saturated heterocycles. The number of esters is 1. The minimum atomic E-state index is -0.590. The van der Waals surface area contributed by atoms with E-state index >= 15 is 0 Å². The van der Waals surface area contributed by atoms with E-state index in [4.69, 9.17) is 14.2 Å². The van der Waals surface area contributed by atoms with Gasteiger partial charge in [-0.15, -0.1) is 0 Å². The highest BCUT2D eigenvalue weighted by Crippen LogP contribution is 2.29. The molecule has 2 aromatic carbocycles. The molecule has 1 N–H and O–H groups in total. The average Bonchev–Trinajstić information content (AvgIpc) is 2.65. The molecule has 6 heteroatoms. The standard InChI is InChI=1S/C20H21NO5/c1-14-4-6-15(7-5-14)8-11-20(23)26-13-19(22)21-16-9-10-17(24-2)18(12-16)25-3/h4-12H,13H2,1-3H3,(H,21,22)/b11-8+. The van der Waals surface area contributed by atoms with Crippen LogP contribution in [0.5, 0.6) is 11.5 Å². The third kappa shape index (κ3) is 5.66. The smallest absolute Gasteiger partial charge is 0.331 e. The number of nitrogens with one attached hydrogen (secondary N) is 1. The first-order valence-electron chi connectivity index (χ1n) is 7.95. The third-order valence-electron chi connectivity index (χ3n) is 3.50. The molecule has 2 aromatic rings. The van der Waals surface area contributed by atoms with Gasteiger partial charge in [-0.3, -0.25) is 4.79 Å². The Morgan fingerprint density at radius 3 is 2.35 bits per heavy atom. The summed E-state index contributed by atoms with van der Waals surface area (Å²) in [7, 11) is 3.03. The Morgan fingerprint density at radius 2 is 1.69 bits per heavy atom. The summed E-state index contributed by atoms with van der Waals surface area (Å²) < 4.78 is 15.2. The van der Waals surface area contributed by atoms with Crippen LogP contribution in [0.15, 0.2) is 48.5 Å². The van der Waals surface area contributed by atoms with Crippen molar-refractivity contribution in [2.45, 2.75) is 6.92 Å². The van der Waals surface area contributed by atoms with Crippen molar-refractivity contribution in [2.75, 3.05) is 26.1 Å². The lowest BCUT2D eigenvalue weighted by Crippen LogP contribution is -2.20. The van der Waals surface area contributed by atoms with Crippen LogP contribution >= 0.6 is 0 Å². The van der Waals surface area contributed by atoms with Gasteiger partial charge in [0.1, 0.15) is 0 Å². The summed E-state index contributed by atoms with van der Waals surface area (Å²) in [5.74, 6) is 0.00355. The summed E-state index contributed by atoms with van der Waals surface area (Å²) >= 11 is 0. The molecule has 0 heterocycles. The van der Waals surface area contributed by atoms with Crippen LogP contribution in [0, 0.1) is 6.92 Å². The molecule has 0 aromatic heterocycles. The molecule has 0 aliphatic heterocycles. The molecule has 6 nitrogen and oxygen atoms in total. The Morgan fingerprint density at radius 1 is 1.00 bits per heavy atom. The van der Waals surface area contributed by atoms with E-state index in [0.29, 0.717) is 17.2 Å². The van der Waals surface area contributed by atoms with Gasteiger partial charge in [0.2, 0.25) is 0 Å². The van der Waals surface area contributed by atoms with Crippen molar-refractivity contribution in [1.29, 1.82) is 0 Å². The van der Waals surface area contributed by atoms with Crippen LogP contribution in [0.1, 0.15) is 11.1 Å². The highest BCUT2D eigenvalue weighted by atomic mass is 16.5. The molecule has 0 aliphatic carbocycles. The highest BCUT2D eigenvalue weighted by molar-refractivity contribution is 5.94. The number of benzene rings is 2. The molecular formula is C20H21NO5. The monoisotopic (exact) mass is 355 g/mol. The first-order chi connectivity index (χ1) is 12.5. The van der Waals surface area contributed by atoms with Gasteiger partial charge in [0.25, 0.3) is 5.91 Å². The van der Waals surface area contributed by atoms with E-state index in [-0.39, 0.29) is 6.61 Å². The number of carbonyl (C=O) groups is 2. The van der Waals surface area contributed by atoms with E-state index in [1.54, 1.807) is 24.3 Å². The Balaban J connectivity index is 1.84. The van der Waals surface area contributed by atoms with Gasteiger partial charge in [-0.1, -0.05) is 29.8 Å². The minimum Gasteiger partial charge on any atom is -0.493 e. The van der Waals surface area contributed by atoms with E-state index in [1.807, 2.05) is 31.2 Å². The van der Waals surface area contributed by atoms with Crippen molar-refractivity contribution in [3.05, 3.63) is 59.7 Å². The van der Waals surface area contributed by atoms with Crippen LogP contribution in [0.3, 0.4) is 0 Å². The summed E-state index contributed by atoms with van der Waals surface area (Å²) in [4.78, 5) is 23.6. The third-order valence-corrected chi connectivity index (χ3v) is 3.50. The minimum absolute atomic E-state index is 0.384. The van der Waals surface area contributed by atoms with Crippen LogP contribution in [0.25, 0.3) is 6.08 Å². The van der Waals surface area contributed by atoms with Gasteiger partial charge in [-0.05, 0) is 30.7 Å². The average molecular weight is 355 g/mol. The zero-order valence-electron chi connectivity index (χ0n) is 14.9. The van der Waals surface area contributed by atoms with Crippen LogP contribution in [0.4, 0.5) is 5.69 Å². The largest absolute Gasteiger partial charge is 0.493 e. The zero-order valence-corrected chi connectivity index (χ0v) is 14.9. The van der Waals surface area contributed by atoms with Crippen LogP contribution in [-0.2, 0) is 14.3 Å². The maximum absolute atomic E-state index is 11.9. The Hall–Kier alpha value is -3.28. The summed E-state index contributed by atoms with van der Waals surface area (Å²) in [6, 6.07) is 12.6. The summed E-state index contributed by atoms with van der Waals surface area (Å²) in [5.41, 5.74) is 2.53. The molecule has 0 aliphatic rings. The molecule has 136 valence electrons. The fraction of sp³-hybridized carbons (Fsp3) is 0.200. The second-order valence-electron chi connectivity index (χ2n) is 5.47. The van der Waals surface area contributed by atoms with Gasteiger partial charge in [-0.25, -0.2) is 4.79 Å². The maximum Gasteiger partial charge on any atom is 0.331 e.